The zero-order chi connectivity index (χ0) is 18.7. The first-order valence-corrected chi connectivity index (χ1v) is 10.4. The van der Waals surface area contributed by atoms with Gasteiger partial charge in [0.05, 0.1) is 17.5 Å². The minimum atomic E-state index is -3.11. The van der Waals surface area contributed by atoms with Gasteiger partial charge in [-0.25, -0.2) is 17.5 Å². The number of sulfonamides is 1. The summed E-state index contributed by atoms with van der Waals surface area (Å²) in [5.41, 5.74) is 2.71. The monoisotopic (exact) mass is 374 g/mol. The lowest BCUT2D eigenvalue weighted by molar-refractivity contribution is 0.0697. The van der Waals surface area contributed by atoms with Crippen molar-refractivity contribution in [2.24, 2.45) is 5.92 Å². The number of nitrogens with zero attached hydrogens (tertiary/aromatic N) is 2. The van der Waals surface area contributed by atoms with Crippen LogP contribution in [-0.4, -0.2) is 48.1 Å². The molecule has 0 unspecified atom stereocenters. The highest BCUT2D eigenvalue weighted by molar-refractivity contribution is 7.88. The van der Waals surface area contributed by atoms with E-state index in [1.54, 1.807) is 18.2 Å². The van der Waals surface area contributed by atoms with Crippen molar-refractivity contribution in [1.29, 1.82) is 0 Å². The molecule has 0 atom stereocenters. The van der Waals surface area contributed by atoms with Gasteiger partial charge in [-0.2, -0.15) is 0 Å². The smallest absolute Gasteiger partial charge is 0.335 e. The molecular formula is C19H22N2O4S. The minimum Gasteiger partial charge on any atom is -0.478 e. The highest BCUT2D eigenvalue weighted by Crippen LogP contribution is 2.24. The molecule has 6 nitrogen and oxygen atoms in total. The van der Waals surface area contributed by atoms with Gasteiger partial charge >= 0.3 is 5.97 Å². The zero-order valence-corrected chi connectivity index (χ0v) is 15.4. The maximum atomic E-state index is 11.6. The van der Waals surface area contributed by atoms with Gasteiger partial charge in [0, 0.05) is 24.3 Å². The fraction of sp³-hybridized carbons (Fsp3) is 0.368. The molecule has 26 heavy (non-hydrogen) atoms. The second-order valence-electron chi connectivity index (χ2n) is 6.71. The molecule has 138 valence electrons. The van der Waals surface area contributed by atoms with Crippen LogP contribution >= 0.6 is 0 Å². The lowest BCUT2D eigenvalue weighted by Gasteiger charge is -2.30. The second-order valence-corrected chi connectivity index (χ2v) is 8.69. The van der Waals surface area contributed by atoms with E-state index < -0.39 is 16.0 Å². The minimum absolute atomic E-state index is 0.239. The summed E-state index contributed by atoms with van der Waals surface area (Å²) in [5.74, 6) is -0.554. The van der Waals surface area contributed by atoms with E-state index in [-0.39, 0.29) is 5.56 Å². The Balaban J connectivity index is 1.71. The first-order valence-electron chi connectivity index (χ1n) is 8.58. The molecule has 2 heterocycles. The van der Waals surface area contributed by atoms with Gasteiger partial charge in [-0.05, 0) is 49.4 Å². The molecular weight excluding hydrogens is 352 g/mol. The Bertz CT molecular complexity index is 903. The number of piperidine rings is 1. The van der Waals surface area contributed by atoms with Crippen LogP contribution in [0.25, 0.3) is 11.3 Å². The van der Waals surface area contributed by atoms with Crippen molar-refractivity contribution in [2.45, 2.75) is 19.3 Å². The van der Waals surface area contributed by atoms with E-state index in [4.69, 9.17) is 5.11 Å². The van der Waals surface area contributed by atoms with Gasteiger partial charge in [-0.3, -0.25) is 4.98 Å². The van der Waals surface area contributed by atoms with Crippen molar-refractivity contribution >= 4 is 16.0 Å². The molecule has 1 fully saturated rings. The molecule has 0 spiro atoms. The van der Waals surface area contributed by atoms with Gasteiger partial charge in [0.25, 0.3) is 0 Å². The summed E-state index contributed by atoms with van der Waals surface area (Å²) in [4.78, 5) is 15.8. The maximum absolute atomic E-state index is 11.6. The van der Waals surface area contributed by atoms with Crippen molar-refractivity contribution in [3.8, 4) is 11.3 Å². The third-order valence-electron chi connectivity index (χ3n) is 4.75. The molecule has 1 aromatic heterocycles. The summed E-state index contributed by atoms with van der Waals surface area (Å²) in [6.07, 6.45) is 3.70. The fourth-order valence-corrected chi connectivity index (χ4v) is 4.18. The van der Waals surface area contributed by atoms with Crippen molar-refractivity contribution < 1.29 is 18.3 Å². The Kier molecular flexibility index (Phi) is 5.38. The molecule has 0 amide bonds. The lowest BCUT2D eigenvalue weighted by atomic mass is 9.93. The Labute approximate surface area is 153 Å². The molecule has 1 aromatic carbocycles. The normalized spacial score (nSPS) is 16.5. The number of carboxylic acids is 1. The number of aromatic nitrogens is 1. The lowest BCUT2D eigenvalue weighted by Crippen LogP contribution is -2.38. The van der Waals surface area contributed by atoms with Crippen LogP contribution in [0.4, 0.5) is 0 Å². The van der Waals surface area contributed by atoms with Crippen LogP contribution in [0, 0.1) is 5.92 Å². The number of rotatable bonds is 5. The van der Waals surface area contributed by atoms with Gasteiger partial charge in [-0.15, -0.1) is 0 Å². The molecule has 0 radical (unpaired) electrons. The molecule has 3 rings (SSSR count). The number of carbonyl (C=O) groups is 1. The first-order chi connectivity index (χ1) is 12.3. The predicted molar refractivity (Wildman–Crippen MR) is 99.5 cm³/mol. The van der Waals surface area contributed by atoms with Crippen LogP contribution in [0.15, 0.2) is 42.5 Å². The highest BCUT2D eigenvalue weighted by atomic mass is 32.2. The van der Waals surface area contributed by atoms with Gasteiger partial charge < -0.3 is 5.11 Å². The molecule has 0 saturated carbocycles. The van der Waals surface area contributed by atoms with Crippen LogP contribution < -0.4 is 0 Å². The quantitative estimate of drug-likeness (QED) is 0.869. The summed E-state index contributed by atoms with van der Waals surface area (Å²) in [5, 5.41) is 9.14. The fourth-order valence-electron chi connectivity index (χ4n) is 3.31. The largest absolute Gasteiger partial charge is 0.478 e. The van der Waals surface area contributed by atoms with E-state index in [9.17, 15) is 13.2 Å². The standard InChI is InChI=1S/C19H22N2O4S/c1-26(24,25)21-10-8-14(9-11-21)12-17-6-3-7-18(20-17)15-4-2-5-16(13-15)19(22)23/h2-7,13-14H,8-12H2,1H3,(H,22,23). The number of carboxylic acid groups (broad SMARTS) is 1. The van der Waals surface area contributed by atoms with Crippen LogP contribution in [0.2, 0.25) is 0 Å². The average molecular weight is 374 g/mol. The van der Waals surface area contributed by atoms with Gasteiger partial charge in [-0.1, -0.05) is 18.2 Å². The van der Waals surface area contributed by atoms with E-state index in [2.05, 4.69) is 4.98 Å². The molecule has 1 aliphatic heterocycles. The predicted octanol–water partition coefficient (Wildman–Crippen LogP) is 2.66. The third-order valence-corrected chi connectivity index (χ3v) is 6.06. The number of hydrogen-bond donors (Lipinski definition) is 1. The van der Waals surface area contributed by atoms with E-state index in [0.717, 1.165) is 36.2 Å². The van der Waals surface area contributed by atoms with Crippen LogP contribution in [0.1, 0.15) is 28.9 Å². The summed E-state index contributed by atoms with van der Waals surface area (Å²) >= 11 is 0. The molecule has 2 aromatic rings. The van der Waals surface area contributed by atoms with Gasteiger partial charge in [0.2, 0.25) is 10.0 Å². The van der Waals surface area contributed by atoms with Crippen molar-refractivity contribution in [3.63, 3.8) is 0 Å². The van der Waals surface area contributed by atoms with E-state index in [0.29, 0.717) is 19.0 Å². The Morgan fingerprint density at radius 3 is 2.54 bits per heavy atom. The van der Waals surface area contributed by atoms with E-state index in [1.807, 2.05) is 24.3 Å². The first kappa shape index (κ1) is 18.5. The van der Waals surface area contributed by atoms with Crippen molar-refractivity contribution in [2.75, 3.05) is 19.3 Å². The van der Waals surface area contributed by atoms with E-state index >= 15 is 0 Å². The van der Waals surface area contributed by atoms with Crippen molar-refractivity contribution in [1.82, 2.24) is 9.29 Å². The summed E-state index contributed by atoms with van der Waals surface area (Å²) in [6, 6.07) is 12.5. The molecule has 1 N–H and O–H groups in total. The summed E-state index contributed by atoms with van der Waals surface area (Å²) < 4.78 is 24.7. The highest BCUT2D eigenvalue weighted by Gasteiger charge is 2.25. The SMILES string of the molecule is CS(=O)(=O)N1CCC(Cc2cccc(-c3cccc(C(=O)O)c3)n2)CC1. The Hall–Kier alpha value is -2.25. The summed E-state index contributed by atoms with van der Waals surface area (Å²) in [6.45, 7) is 1.12. The Morgan fingerprint density at radius 1 is 1.19 bits per heavy atom. The van der Waals surface area contributed by atoms with Gasteiger partial charge in [0.15, 0.2) is 0 Å². The molecule has 1 saturated heterocycles. The number of hydrogen-bond acceptors (Lipinski definition) is 4. The second kappa shape index (κ2) is 7.55. The van der Waals surface area contributed by atoms with Gasteiger partial charge in [0.1, 0.15) is 0 Å². The number of benzene rings is 1. The average Bonchev–Trinajstić information content (AvgIpc) is 2.62. The summed E-state index contributed by atoms with van der Waals surface area (Å²) in [7, 11) is -3.11. The molecule has 7 heteroatoms. The molecule has 1 aliphatic rings. The topological polar surface area (TPSA) is 87.6 Å². The van der Waals surface area contributed by atoms with Crippen LogP contribution in [0.3, 0.4) is 0 Å². The maximum Gasteiger partial charge on any atom is 0.335 e. The third kappa shape index (κ3) is 4.47. The van der Waals surface area contributed by atoms with Crippen molar-refractivity contribution in [3.05, 3.63) is 53.7 Å². The zero-order valence-electron chi connectivity index (χ0n) is 14.6. The van der Waals surface area contributed by atoms with E-state index in [1.165, 1.54) is 10.6 Å². The number of pyridine rings is 1. The molecule has 0 aliphatic carbocycles. The molecule has 0 bridgehead atoms. The number of aromatic carboxylic acids is 1. The Morgan fingerprint density at radius 2 is 1.88 bits per heavy atom. The van der Waals surface area contributed by atoms with Crippen LogP contribution in [-0.2, 0) is 16.4 Å². The van der Waals surface area contributed by atoms with Crippen LogP contribution in [0.5, 0.6) is 0 Å².